The van der Waals surface area contributed by atoms with Crippen molar-refractivity contribution < 1.29 is 14.0 Å². The van der Waals surface area contributed by atoms with Crippen LogP contribution in [0.2, 0.25) is 0 Å². The maximum Gasteiger partial charge on any atom is 0.247 e. The molecule has 3 aromatic heterocycles. The van der Waals surface area contributed by atoms with E-state index in [1.165, 1.54) is 15.8 Å². The number of benzene rings is 1. The van der Waals surface area contributed by atoms with Crippen LogP contribution in [0, 0.1) is 11.7 Å². The average molecular weight is 496 g/mol. The Labute approximate surface area is 208 Å². The highest BCUT2D eigenvalue weighted by atomic mass is 32.1. The Morgan fingerprint density at radius 2 is 2.09 bits per heavy atom. The zero-order valence-electron chi connectivity index (χ0n) is 20.2. The smallest absolute Gasteiger partial charge is 0.247 e. The van der Waals surface area contributed by atoms with E-state index in [1.54, 1.807) is 17.4 Å². The third-order valence-electron chi connectivity index (χ3n) is 7.20. The molecule has 0 saturated carbocycles. The molecule has 0 aliphatic carbocycles. The maximum atomic E-state index is 14.5. The predicted molar refractivity (Wildman–Crippen MR) is 138 cm³/mol. The molecule has 4 aromatic rings. The fourth-order valence-corrected chi connectivity index (χ4v) is 6.42. The molecule has 0 amide bonds. The number of aromatic amines is 1. The third-order valence-corrected chi connectivity index (χ3v) is 8.32. The van der Waals surface area contributed by atoms with Crippen LogP contribution in [0.25, 0.3) is 32.5 Å². The van der Waals surface area contributed by atoms with Crippen LogP contribution in [0.3, 0.4) is 0 Å². The zero-order chi connectivity index (χ0) is 23.9. The number of piperazine rings is 1. The number of hydrogen-bond acceptors (Lipinski definition) is 6. The van der Waals surface area contributed by atoms with Gasteiger partial charge in [-0.15, -0.1) is 11.3 Å². The molecule has 2 fully saturated rings. The van der Waals surface area contributed by atoms with Gasteiger partial charge in [-0.1, -0.05) is 13.8 Å². The lowest BCUT2D eigenvalue weighted by atomic mass is 10.0. The summed E-state index contributed by atoms with van der Waals surface area (Å²) in [5.74, 6) is 1.92. The minimum absolute atomic E-state index is 0.289. The number of nitrogens with zero attached hydrogens (tertiary/aromatic N) is 3. The molecule has 5 heterocycles. The van der Waals surface area contributed by atoms with Crippen molar-refractivity contribution >= 4 is 38.3 Å². The summed E-state index contributed by atoms with van der Waals surface area (Å²) in [7, 11) is 0. The molecule has 1 atom stereocenters. The normalized spacial score (nSPS) is 20.4. The fraction of sp³-hybridized carbons (Fsp3) is 0.462. The van der Waals surface area contributed by atoms with Gasteiger partial charge in [0.25, 0.3) is 0 Å². The van der Waals surface area contributed by atoms with Crippen LogP contribution in [0.1, 0.15) is 18.7 Å². The Bertz CT molecular complexity index is 1340. The van der Waals surface area contributed by atoms with Crippen LogP contribution in [0.4, 0.5) is 10.2 Å². The average Bonchev–Trinajstić information content (AvgIpc) is 3.50. The number of thiophene rings is 1. The molecular formula is C26H32FN6OS+. The SMILES string of the molecule is CC(C)[C@H]1CN(Cc2cc3nc(-c4cc(F)cc5[nH]ccc45)nc([NH+]4CCOCC4)c3s2)CCN1. The Balaban J connectivity index is 1.41. The molecular weight excluding hydrogens is 463 g/mol. The quantitative estimate of drug-likeness (QED) is 0.397. The van der Waals surface area contributed by atoms with Gasteiger partial charge in [-0.25, -0.2) is 9.37 Å². The monoisotopic (exact) mass is 495 g/mol. The molecule has 184 valence electrons. The Kier molecular flexibility index (Phi) is 6.28. The van der Waals surface area contributed by atoms with Gasteiger partial charge in [0.1, 0.15) is 23.6 Å². The van der Waals surface area contributed by atoms with E-state index >= 15 is 0 Å². The topological polar surface area (TPSA) is 70.5 Å². The lowest BCUT2D eigenvalue weighted by Gasteiger charge is -2.35. The molecule has 1 aromatic carbocycles. The van der Waals surface area contributed by atoms with Crippen LogP contribution in [-0.2, 0) is 11.3 Å². The van der Waals surface area contributed by atoms with Gasteiger partial charge in [0, 0.05) is 59.8 Å². The summed E-state index contributed by atoms with van der Waals surface area (Å²) in [6, 6.07) is 7.78. The number of morpholine rings is 1. The summed E-state index contributed by atoms with van der Waals surface area (Å²) < 4.78 is 21.2. The van der Waals surface area contributed by atoms with E-state index in [0.29, 0.717) is 31.0 Å². The molecule has 0 radical (unpaired) electrons. The van der Waals surface area contributed by atoms with E-state index in [0.717, 1.165) is 71.8 Å². The third kappa shape index (κ3) is 4.59. The maximum absolute atomic E-state index is 14.5. The van der Waals surface area contributed by atoms with Crippen LogP contribution in [-0.4, -0.2) is 71.8 Å². The first-order valence-electron chi connectivity index (χ1n) is 12.5. The van der Waals surface area contributed by atoms with Gasteiger partial charge in [0.15, 0.2) is 5.82 Å². The number of H-pyrrole nitrogens is 1. The van der Waals surface area contributed by atoms with Crippen molar-refractivity contribution in [1.29, 1.82) is 0 Å². The molecule has 2 aliphatic heterocycles. The summed E-state index contributed by atoms with van der Waals surface area (Å²) in [5.41, 5.74) is 2.44. The molecule has 0 bridgehead atoms. The van der Waals surface area contributed by atoms with E-state index < -0.39 is 0 Å². The molecule has 3 N–H and O–H groups in total. The number of quaternary nitrogens is 1. The molecule has 0 spiro atoms. The van der Waals surface area contributed by atoms with Crippen molar-refractivity contribution in [1.82, 2.24) is 25.2 Å². The van der Waals surface area contributed by atoms with Crippen LogP contribution in [0.15, 0.2) is 30.5 Å². The Morgan fingerprint density at radius 1 is 1.23 bits per heavy atom. The van der Waals surface area contributed by atoms with E-state index in [9.17, 15) is 4.39 Å². The summed E-state index contributed by atoms with van der Waals surface area (Å²) in [4.78, 5) is 18.3. The van der Waals surface area contributed by atoms with Crippen LogP contribution >= 0.6 is 11.3 Å². The van der Waals surface area contributed by atoms with Gasteiger partial charge >= 0.3 is 0 Å². The first-order chi connectivity index (χ1) is 17.0. The lowest BCUT2D eigenvalue weighted by Crippen LogP contribution is -3.09. The van der Waals surface area contributed by atoms with Crippen molar-refractivity contribution in [3.05, 3.63) is 41.2 Å². The molecule has 2 aliphatic rings. The van der Waals surface area contributed by atoms with Gasteiger partial charge in [-0.3, -0.25) is 9.80 Å². The number of halogens is 1. The minimum atomic E-state index is -0.289. The van der Waals surface area contributed by atoms with Gasteiger partial charge < -0.3 is 15.0 Å². The number of hydrogen-bond donors (Lipinski definition) is 3. The van der Waals surface area contributed by atoms with Crippen LogP contribution in [0.5, 0.6) is 0 Å². The van der Waals surface area contributed by atoms with Crippen molar-refractivity contribution in [3.63, 3.8) is 0 Å². The minimum Gasteiger partial charge on any atom is -0.370 e. The Morgan fingerprint density at radius 3 is 2.91 bits per heavy atom. The second kappa shape index (κ2) is 9.55. The molecule has 6 rings (SSSR count). The van der Waals surface area contributed by atoms with Crippen LogP contribution < -0.4 is 10.2 Å². The standard InChI is InChI=1S/C26H31FN6OS/c1-16(2)23-15-32(6-5-29-23)14-18-13-22-24(35-18)26(33-7-9-34-10-8-33)31-25(30-22)20-11-17(27)12-21-19(20)3-4-28-21/h3-4,11-13,16,23,28-29H,5-10,14-15H2,1-2H3/p+1/t23-/m1/s1. The largest absolute Gasteiger partial charge is 0.370 e. The molecule has 2 saturated heterocycles. The molecule has 9 heteroatoms. The zero-order valence-corrected chi connectivity index (χ0v) is 21.1. The number of aromatic nitrogens is 3. The molecule has 7 nitrogen and oxygen atoms in total. The highest BCUT2D eigenvalue weighted by molar-refractivity contribution is 7.19. The number of ether oxygens (including phenoxy) is 1. The van der Waals surface area contributed by atoms with Gasteiger partial charge in [0.2, 0.25) is 5.82 Å². The molecule has 35 heavy (non-hydrogen) atoms. The first-order valence-corrected chi connectivity index (χ1v) is 13.3. The second-order valence-electron chi connectivity index (χ2n) is 9.97. The summed E-state index contributed by atoms with van der Waals surface area (Å²) >= 11 is 1.80. The summed E-state index contributed by atoms with van der Waals surface area (Å²) in [5, 5.41) is 4.58. The van der Waals surface area contributed by atoms with Gasteiger partial charge in [-0.05, 0) is 30.2 Å². The van der Waals surface area contributed by atoms with Crippen molar-refractivity contribution in [2.24, 2.45) is 5.92 Å². The highest BCUT2D eigenvalue weighted by Gasteiger charge is 2.27. The van der Waals surface area contributed by atoms with Crippen molar-refractivity contribution in [2.75, 3.05) is 45.9 Å². The van der Waals surface area contributed by atoms with E-state index in [1.807, 2.05) is 12.3 Å². The van der Waals surface area contributed by atoms with E-state index in [4.69, 9.17) is 14.7 Å². The predicted octanol–water partition coefficient (Wildman–Crippen LogP) is 2.96. The molecule has 0 unspecified atom stereocenters. The number of rotatable bonds is 5. The van der Waals surface area contributed by atoms with Gasteiger partial charge in [-0.2, -0.15) is 4.98 Å². The fourth-order valence-electron chi connectivity index (χ4n) is 5.24. The van der Waals surface area contributed by atoms with Crippen molar-refractivity contribution in [2.45, 2.75) is 26.4 Å². The van der Waals surface area contributed by atoms with E-state index in [2.05, 4.69) is 35.1 Å². The van der Waals surface area contributed by atoms with Crippen molar-refractivity contribution in [3.8, 4) is 11.4 Å². The highest BCUT2D eigenvalue weighted by Crippen LogP contribution is 2.34. The van der Waals surface area contributed by atoms with E-state index in [-0.39, 0.29) is 5.82 Å². The van der Waals surface area contributed by atoms with Gasteiger partial charge in [0.05, 0.1) is 18.7 Å². The first kappa shape index (κ1) is 23.0. The Hall–Kier alpha value is -2.43. The summed E-state index contributed by atoms with van der Waals surface area (Å²) in [6.07, 6.45) is 1.83. The summed E-state index contributed by atoms with van der Waals surface area (Å²) in [6.45, 7) is 11.8. The lowest BCUT2D eigenvalue weighted by molar-refractivity contribution is -0.843. The number of fused-ring (bicyclic) bond motifs is 2. The second-order valence-corrected chi connectivity index (χ2v) is 11.1. The number of nitrogens with one attached hydrogen (secondary N) is 3.